The van der Waals surface area contributed by atoms with Crippen molar-refractivity contribution in [1.29, 1.82) is 0 Å². The molecular weight excluding hydrogens is 418 g/mol. The van der Waals surface area contributed by atoms with Gasteiger partial charge >= 0.3 is 5.76 Å². The highest BCUT2D eigenvalue weighted by Crippen LogP contribution is 2.39. The van der Waals surface area contributed by atoms with Gasteiger partial charge in [0.05, 0.1) is 14.1 Å². The van der Waals surface area contributed by atoms with Crippen LogP contribution < -0.4 is 5.76 Å². The van der Waals surface area contributed by atoms with Crippen LogP contribution in [0.1, 0.15) is 27.8 Å². The number of hydrogen-bond acceptors (Lipinski definition) is 3. The Labute approximate surface area is 142 Å². The van der Waals surface area contributed by atoms with Crippen molar-refractivity contribution >= 4 is 54.3 Å². The van der Waals surface area contributed by atoms with Crippen molar-refractivity contribution in [2.75, 3.05) is 0 Å². The second kappa shape index (κ2) is 5.74. The van der Waals surface area contributed by atoms with Crippen molar-refractivity contribution in [2.24, 2.45) is 0 Å². The van der Waals surface area contributed by atoms with Gasteiger partial charge in [-0.3, -0.25) is 4.57 Å². The lowest BCUT2D eigenvalue weighted by Gasteiger charge is -2.08. The normalized spacial score (nSPS) is 13.0. The van der Waals surface area contributed by atoms with Gasteiger partial charge in [0.2, 0.25) is 0 Å². The van der Waals surface area contributed by atoms with E-state index in [1.165, 1.54) is 10.4 Å². The van der Waals surface area contributed by atoms with Crippen molar-refractivity contribution in [3.63, 3.8) is 0 Å². The highest BCUT2D eigenvalue weighted by atomic mass is 79.9. The molecule has 0 spiro atoms. The molecule has 0 amide bonds. The van der Waals surface area contributed by atoms with Gasteiger partial charge in [0.25, 0.3) is 0 Å². The SMILES string of the molecule is CCn1c(=O)oc2cc(C(Br)c3cc(C)c(Br)s3)ccc21. The van der Waals surface area contributed by atoms with E-state index in [-0.39, 0.29) is 10.6 Å². The van der Waals surface area contributed by atoms with Crippen LogP contribution in [0, 0.1) is 6.92 Å². The average Bonchev–Trinajstić information content (AvgIpc) is 2.96. The first-order chi connectivity index (χ1) is 10.0. The predicted molar refractivity (Wildman–Crippen MR) is 93.7 cm³/mol. The molecule has 3 aromatic rings. The third-order valence-corrected chi connectivity index (χ3v) is 6.95. The molecular formula is C15H13Br2NO2S. The molecule has 0 aliphatic rings. The summed E-state index contributed by atoms with van der Waals surface area (Å²) in [6.07, 6.45) is 0. The number of oxazole rings is 1. The Morgan fingerprint density at radius 2 is 2.14 bits per heavy atom. The molecule has 2 aromatic heterocycles. The van der Waals surface area contributed by atoms with Gasteiger partial charge in [0.1, 0.15) is 0 Å². The first-order valence-electron chi connectivity index (χ1n) is 6.54. The molecule has 1 aromatic carbocycles. The first-order valence-corrected chi connectivity index (χ1v) is 9.07. The molecule has 2 heterocycles. The number of alkyl halides is 1. The number of aromatic nitrogens is 1. The molecule has 0 bridgehead atoms. The summed E-state index contributed by atoms with van der Waals surface area (Å²) in [5, 5.41) is 0. The molecule has 0 saturated heterocycles. The van der Waals surface area contributed by atoms with Crippen LogP contribution in [0.5, 0.6) is 0 Å². The Bertz CT molecular complexity index is 843. The van der Waals surface area contributed by atoms with E-state index in [9.17, 15) is 4.79 Å². The maximum atomic E-state index is 11.7. The lowest BCUT2D eigenvalue weighted by molar-refractivity contribution is 0.513. The topological polar surface area (TPSA) is 35.1 Å². The summed E-state index contributed by atoms with van der Waals surface area (Å²) in [6, 6.07) is 8.08. The summed E-state index contributed by atoms with van der Waals surface area (Å²) in [4.78, 5) is 13.1. The molecule has 0 saturated carbocycles. The Balaban J connectivity index is 2.06. The lowest BCUT2D eigenvalue weighted by atomic mass is 10.1. The number of hydrogen-bond donors (Lipinski definition) is 0. The van der Waals surface area contributed by atoms with Crippen LogP contribution in [0.4, 0.5) is 0 Å². The molecule has 1 unspecified atom stereocenters. The van der Waals surface area contributed by atoms with Crippen molar-refractivity contribution in [2.45, 2.75) is 25.2 Å². The van der Waals surface area contributed by atoms with Gasteiger partial charge in [0.15, 0.2) is 5.58 Å². The molecule has 0 aliphatic carbocycles. The standard InChI is InChI=1S/C15H13Br2NO2S/c1-3-18-10-5-4-9(7-11(10)20-15(18)19)13(16)12-6-8(2)14(17)21-12/h4-7,13H,3H2,1-2H3. The first kappa shape index (κ1) is 15.1. The van der Waals surface area contributed by atoms with Crippen LogP contribution in [0.25, 0.3) is 11.1 Å². The molecule has 0 N–H and O–H groups in total. The van der Waals surface area contributed by atoms with Gasteiger partial charge in [-0.15, -0.1) is 11.3 Å². The maximum Gasteiger partial charge on any atom is 0.419 e. The van der Waals surface area contributed by atoms with Crippen molar-refractivity contribution < 1.29 is 4.42 Å². The van der Waals surface area contributed by atoms with Gasteiger partial charge in [-0.05, 0) is 59.1 Å². The number of fused-ring (bicyclic) bond motifs is 1. The third kappa shape index (κ3) is 2.64. The van der Waals surface area contributed by atoms with Crippen molar-refractivity contribution in [3.05, 3.63) is 54.6 Å². The van der Waals surface area contributed by atoms with Gasteiger partial charge in [-0.1, -0.05) is 22.0 Å². The minimum absolute atomic E-state index is 0.0900. The molecule has 0 radical (unpaired) electrons. The van der Waals surface area contributed by atoms with E-state index < -0.39 is 0 Å². The smallest absolute Gasteiger partial charge is 0.408 e. The summed E-state index contributed by atoms with van der Waals surface area (Å²) < 4.78 is 8.10. The number of rotatable bonds is 3. The van der Waals surface area contributed by atoms with Crippen molar-refractivity contribution in [1.82, 2.24) is 4.57 Å². The summed E-state index contributed by atoms with van der Waals surface area (Å²) in [5.74, 6) is -0.300. The van der Waals surface area contributed by atoms with E-state index in [4.69, 9.17) is 4.42 Å². The number of aryl methyl sites for hydroxylation is 2. The van der Waals surface area contributed by atoms with E-state index in [1.54, 1.807) is 15.9 Å². The predicted octanol–water partition coefficient (Wildman–Crippen LogP) is 5.23. The van der Waals surface area contributed by atoms with Crippen LogP contribution >= 0.6 is 43.2 Å². The molecule has 21 heavy (non-hydrogen) atoms. The molecule has 0 fully saturated rings. The van der Waals surface area contributed by atoms with Crippen LogP contribution in [-0.2, 0) is 6.54 Å². The fourth-order valence-corrected chi connectivity index (χ4v) is 4.59. The number of halogens is 2. The zero-order chi connectivity index (χ0) is 15.1. The summed E-state index contributed by atoms with van der Waals surface area (Å²) in [6.45, 7) is 4.62. The van der Waals surface area contributed by atoms with Gasteiger partial charge in [-0.2, -0.15) is 0 Å². The second-order valence-corrected chi connectivity index (χ2v) is 8.12. The number of thiophene rings is 1. The number of nitrogens with zero attached hydrogens (tertiary/aromatic N) is 1. The summed E-state index contributed by atoms with van der Waals surface area (Å²) in [7, 11) is 0. The maximum absolute atomic E-state index is 11.7. The molecule has 6 heteroatoms. The van der Waals surface area contributed by atoms with E-state index in [0.717, 1.165) is 14.9 Å². The molecule has 1 atom stereocenters. The Kier molecular flexibility index (Phi) is 4.12. The van der Waals surface area contributed by atoms with E-state index in [1.807, 2.05) is 25.1 Å². The fourth-order valence-electron chi connectivity index (χ4n) is 2.31. The Hall–Kier alpha value is -0.850. The summed E-state index contributed by atoms with van der Waals surface area (Å²) in [5.41, 5.74) is 3.78. The second-order valence-electron chi connectivity index (χ2n) is 4.81. The van der Waals surface area contributed by atoms with Crippen LogP contribution in [0.15, 0.2) is 37.3 Å². The Morgan fingerprint density at radius 3 is 2.76 bits per heavy atom. The Morgan fingerprint density at radius 1 is 1.38 bits per heavy atom. The van der Waals surface area contributed by atoms with E-state index in [0.29, 0.717) is 12.1 Å². The lowest BCUT2D eigenvalue weighted by Crippen LogP contribution is -2.11. The highest BCUT2D eigenvalue weighted by Gasteiger charge is 2.17. The third-order valence-electron chi connectivity index (χ3n) is 3.43. The van der Waals surface area contributed by atoms with Crippen LogP contribution in [0.3, 0.4) is 0 Å². The molecule has 110 valence electrons. The number of benzene rings is 1. The largest absolute Gasteiger partial charge is 0.419 e. The monoisotopic (exact) mass is 429 g/mol. The molecule has 0 aliphatic heterocycles. The molecule has 3 nitrogen and oxygen atoms in total. The average molecular weight is 431 g/mol. The van der Waals surface area contributed by atoms with E-state index >= 15 is 0 Å². The summed E-state index contributed by atoms with van der Waals surface area (Å²) >= 11 is 8.99. The van der Waals surface area contributed by atoms with Crippen molar-refractivity contribution in [3.8, 4) is 0 Å². The minimum Gasteiger partial charge on any atom is -0.408 e. The quantitative estimate of drug-likeness (QED) is 0.533. The minimum atomic E-state index is -0.300. The van der Waals surface area contributed by atoms with Gasteiger partial charge < -0.3 is 4.42 Å². The van der Waals surface area contributed by atoms with Gasteiger partial charge in [-0.25, -0.2) is 4.79 Å². The highest BCUT2D eigenvalue weighted by molar-refractivity contribution is 9.11. The van der Waals surface area contributed by atoms with Crippen LogP contribution in [-0.4, -0.2) is 4.57 Å². The fraction of sp³-hybridized carbons (Fsp3) is 0.267. The van der Waals surface area contributed by atoms with Crippen LogP contribution in [0.2, 0.25) is 0 Å². The molecule has 3 rings (SSSR count). The zero-order valence-electron chi connectivity index (χ0n) is 11.5. The zero-order valence-corrected chi connectivity index (χ0v) is 15.5. The van der Waals surface area contributed by atoms with Gasteiger partial charge in [0, 0.05) is 11.4 Å². The van der Waals surface area contributed by atoms with E-state index in [2.05, 4.69) is 44.8 Å².